The molecule has 0 saturated heterocycles. The number of benzene rings is 2. The van der Waals surface area contributed by atoms with E-state index in [1.807, 2.05) is 37.3 Å². The molecule has 21 heavy (non-hydrogen) atoms. The molecule has 3 heteroatoms. The Morgan fingerprint density at radius 2 is 1.95 bits per heavy atom. The minimum atomic E-state index is -0.0864. The van der Waals surface area contributed by atoms with Crippen molar-refractivity contribution in [2.75, 3.05) is 6.54 Å². The Kier molecular flexibility index (Phi) is 5.38. The van der Waals surface area contributed by atoms with E-state index in [0.29, 0.717) is 24.5 Å². The fourth-order valence-corrected chi connectivity index (χ4v) is 2.08. The summed E-state index contributed by atoms with van der Waals surface area (Å²) in [7, 11) is 0. The molecule has 2 rings (SSSR count). The van der Waals surface area contributed by atoms with Gasteiger partial charge in [-0.05, 0) is 31.0 Å². The lowest BCUT2D eigenvalue weighted by atomic mass is 10.1. The van der Waals surface area contributed by atoms with Crippen LogP contribution in [0.1, 0.15) is 34.8 Å². The first-order valence-corrected chi connectivity index (χ1v) is 7.26. The van der Waals surface area contributed by atoms with Crippen LogP contribution in [0.5, 0.6) is 5.75 Å². The maximum absolute atomic E-state index is 12.1. The highest BCUT2D eigenvalue weighted by Crippen LogP contribution is 2.19. The molecule has 0 fully saturated rings. The lowest BCUT2D eigenvalue weighted by Crippen LogP contribution is -2.24. The third kappa shape index (κ3) is 4.35. The number of hydrogen-bond donors (Lipinski definition) is 1. The normalized spacial score (nSPS) is 10.2. The van der Waals surface area contributed by atoms with Crippen molar-refractivity contribution < 1.29 is 9.53 Å². The molecular weight excluding hydrogens is 262 g/mol. The Bertz CT molecular complexity index is 608. The molecule has 0 unspecified atom stereocenters. The van der Waals surface area contributed by atoms with E-state index < -0.39 is 0 Å². The molecule has 2 aromatic carbocycles. The minimum absolute atomic E-state index is 0.0864. The summed E-state index contributed by atoms with van der Waals surface area (Å²) in [6.45, 7) is 5.21. The molecule has 110 valence electrons. The van der Waals surface area contributed by atoms with E-state index in [9.17, 15) is 4.79 Å². The van der Waals surface area contributed by atoms with Crippen LogP contribution in [0.4, 0.5) is 0 Å². The summed E-state index contributed by atoms with van der Waals surface area (Å²) in [6.07, 6.45) is 0.915. The SMILES string of the molecule is CCCNC(=O)c1ccccc1OCc1cccc(C)c1. The second-order valence-corrected chi connectivity index (χ2v) is 5.03. The van der Waals surface area contributed by atoms with Gasteiger partial charge in [-0.15, -0.1) is 0 Å². The van der Waals surface area contributed by atoms with Gasteiger partial charge in [0, 0.05) is 6.54 Å². The van der Waals surface area contributed by atoms with Crippen molar-refractivity contribution in [3.63, 3.8) is 0 Å². The van der Waals surface area contributed by atoms with Crippen LogP contribution < -0.4 is 10.1 Å². The molecular formula is C18H21NO2. The monoisotopic (exact) mass is 283 g/mol. The van der Waals surface area contributed by atoms with Crippen LogP contribution in [-0.4, -0.2) is 12.5 Å². The number of nitrogens with one attached hydrogen (secondary N) is 1. The zero-order chi connectivity index (χ0) is 15.1. The van der Waals surface area contributed by atoms with Crippen LogP contribution in [0.15, 0.2) is 48.5 Å². The summed E-state index contributed by atoms with van der Waals surface area (Å²) in [5.41, 5.74) is 2.88. The number of carbonyl (C=O) groups excluding carboxylic acids is 1. The van der Waals surface area contributed by atoms with Gasteiger partial charge in [-0.2, -0.15) is 0 Å². The summed E-state index contributed by atoms with van der Waals surface area (Å²) >= 11 is 0. The van der Waals surface area contributed by atoms with Gasteiger partial charge in [0.05, 0.1) is 5.56 Å². The third-order valence-electron chi connectivity index (χ3n) is 3.14. The molecule has 0 bridgehead atoms. The molecule has 2 aromatic rings. The maximum Gasteiger partial charge on any atom is 0.255 e. The van der Waals surface area contributed by atoms with Gasteiger partial charge in [0.1, 0.15) is 12.4 Å². The van der Waals surface area contributed by atoms with Crippen molar-refractivity contribution in [3.8, 4) is 5.75 Å². The number of ether oxygens (including phenoxy) is 1. The van der Waals surface area contributed by atoms with Gasteiger partial charge in [-0.1, -0.05) is 48.9 Å². The highest BCUT2D eigenvalue weighted by atomic mass is 16.5. The van der Waals surface area contributed by atoms with Crippen LogP contribution in [0.25, 0.3) is 0 Å². The summed E-state index contributed by atoms with van der Waals surface area (Å²) < 4.78 is 5.82. The van der Waals surface area contributed by atoms with E-state index in [1.165, 1.54) is 5.56 Å². The van der Waals surface area contributed by atoms with Crippen LogP contribution in [-0.2, 0) is 6.61 Å². The highest BCUT2D eigenvalue weighted by molar-refractivity contribution is 5.96. The van der Waals surface area contributed by atoms with Gasteiger partial charge < -0.3 is 10.1 Å². The molecule has 0 atom stereocenters. The minimum Gasteiger partial charge on any atom is -0.488 e. The molecule has 0 heterocycles. The van der Waals surface area contributed by atoms with Crippen molar-refractivity contribution in [2.45, 2.75) is 26.9 Å². The Morgan fingerprint density at radius 3 is 2.71 bits per heavy atom. The zero-order valence-corrected chi connectivity index (χ0v) is 12.6. The van der Waals surface area contributed by atoms with E-state index >= 15 is 0 Å². The second-order valence-electron chi connectivity index (χ2n) is 5.03. The number of hydrogen-bond acceptors (Lipinski definition) is 2. The number of para-hydroxylation sites is 1. The van der Waals surface area contributed by atoms with Crippen molar-refractivity contribution in [1.82, 2.24) is 5.32 Å². The number of carbonyl (C=O) groups is 1. The van der Waals surface area contributed by atoms with Gasteiger partial charge in [0.2, 0.25) is 0 Å². The number of aryl methyl sites for hydroxylation is 1. The van der Waals surface area contributed by atoms with Crippen molar-refractivity contribution >= 4 is 5.91 Å². The topological polar surface area (TPSA) is 38.3 Å². The van der Waals surface area contributed by atoms with Crippen molar-refractivity contribution in [3.05, 3.63) is 65.2 Å². The van der Waals surface area contributed by atoms with Crippen LogP contribution in [0.2, 0.25) is 0 Å². The van der Waals surface area contributed by atoms with E-state index in [1.54, 1.807) is 6.07 Å². The Balaban J connectivity index is 2.08. The average Bonchev–Trinajstić information content (AvgIpc) is 2.51. The summed E-state index contributed by atoms with van der Waals surface area (Å²) in [4.78, 5) is 12.1. The molecule has 3 nitrogen and oxygen atoms in total. The maximum atomic E-state index is 12.1. The molecule has 0 spiro atoms. The van der Waals surface area contributed by atoms with Gasteiger partial charge in [-0.25, -0.2) is 0 Å². The van der Waals surface area contributed by atoms with Crippen molar-refractivity contribution in [2.24, 2.45) is 0 Å². The van der Waals surface area contributed by atoms with E-state index in [2.05, 4.69) is 24.4 Å². The zero-order valence-electron chi connectivity index (χ0n) is 12.6. The predicted octanol–water partition coefficient (Wildman–Crippen LogP) is 3.71. The Morgan fingerprint density at radius 1 is 1.14 bits per heavy atom. The smallest absolute Gasteiger partial charge is 0.255 e. The Hall–Kier alpha value is -2.29. The fourth-order valence-electron chi connectivity index (χ4n) is 2.08. The molecule has 0 radical (unpaired) electrons. The van der Waals surface area contributed by atoms with Gasteiger partial charge >= 0.3 is 0 Å². The molecule has 0 aliphatic heterocycles. The molecule has 0 saturated carbocycles. The van der Waals surface area contributed by atoms with E-state index in [-0.39, 0.29) is 5.91 Å². The lowest BCUT2D eigenvalue weighted by Gasteiger charge is -2.11. The molecule has 0 aromatic heterocycles. The molecule has 1 amide bonds. The summed E-state index contributed by atoms with van der Waals surface area (Å²) in [5.74, 6) is 0.532. The first-order valence-electron chi connectivity index (χ1n) is 7.26. The molecule has 0 aliphatic rings. The second kappa shape index (κ2) is 7.48. The highest BCUT2D eigenvalue weighted by Gasteiger charge is 2.11. The number of amides is 1. The third-order valence-corrected chi connectivity index (χ3v) is 3.14. The first-order chi connectivity index (χ1) is 10.2. The van der Waals surface area contributed by atoms with Gasteiger partial charge in [0.25, 0.3) is 5.91 Å². The standard InChI is InChI=1S/C18H21NO2/c1-3-11-19-18(20)16-9-4-5-10-17(16)21-13-15-8-6-7-14(2)12-15/h4-10,12H,3,11,13H2,1-2H3,(H,19,20). The summed E-state index contributed by atoms with van der Waals surface area (Å²) in [6, 6.07) is 15.5. The van der Waals surface area contributed by atoms with Crippen LogP contribution in [0, 0.1) is 6.92 Å². The largest absolute Gasteiger partial charge is 0.488 e. The Labute approximate surface area is 126 Å². The van der Waals surface area contributed by atoms with Crippen LogP contribution >= 0.6 is 0 Å². The van der Waals surface area contributed by atoms with E-state index in [0.717, 1.165) is 12.0 Å². The lowest BCUT2D eigenvalue weighted by molar-refractivity contribution is 0.0949. The predicted molar refractivity (Wildman–Crippen MR) is 84.6 cm³/mol. The van der Waals surface area contributed by atoms with Gasteiger partial charge in [0.15, 0.2) is 0 Å². The average molecular weight is 283 g/mol. The molecule has 1 N–H and O–H groups in total. The number of rotatable bonds is 6. The van der Waals surface area contributed by atoms with E-state index in [4.69, 9.17) is 4.74 Å². The van der Waals surface area contributed by atoms with Crippen LogP contribution in [0.3, 0.4) is 0 Å². The first kappa shape index (κ1) is 15.1. The quantitative estimate of drug-likeness (QED) is 0.877. The fraction of sp³-hybridized carbons (Fsp3) is 0.278. The molecule has 0 aliphatic carbocycles. The van der Waals surface area contributed by atoms with Crippen molar-refractivity contribution in [1.29, 1.82) is 0 Å². The summed E-state index contributed by atoms with van der Waals surface area (Å²) in [5, 5.41) is 2.88. The van der Waals surface area contributed by atoms with Gasteiger partial charge in [-0.3, -0.25) is 4.79 Å².